The molecule has 0 aliphatic heterocycles. The van der Waals surface area contributed by atoms with E-state index in [0.29, 0.717) is 52.2 Å². The average molecular weight is 382 g/mol. The lowest BCUT2D eigenvalue weighted by molar-refractivity contribution is 0.189. The summed E-state index contributed by atoms with van der Waals surface area (Å²) in [6, 6.07) is 4.94. The zero-order valence-electron chi connectivity index (χ0n) is 13.4. The van der Waals surface area contributed by atoms with Crippen molar-refractivity contribution >= 4 is 34.3 Å². The minimum Gasteiger partial charge on any atom is -0.385 e. The van der Waals surface area contributed by atoms with Crippen molar-refractivity contribution < 1.29 is 4.74 Å². The maximum absolute atomic E-state index is 12.1. The number of rotatable bonds is 7. The van der Waals surface area contributed by atoms with Gasteiger partial charge in [0.1, 0.15) is 5.82 Å². The van der Waals surface area contributed by atoms with Crippen LogP contribution in [-0.2, 0) is 17.0 Å². The normalized spacial score (nSPS) is 11.3. The third-order valence-electron chi connectivity index (χ3n) is 3.51. The molecular formula is C15H16ClN5O3S. The monoisotopic (exact) mass is 381 g/mol. The summed E-state index contributed by atoms with van der Waals surface area (Å²) in [4.78, 5) is 31.1. The lowest BCUT2D eigenvalue weighted by atomic mass is 10.2. The second kappa shape index (κ2) is 7.85. The first kappa shape index (κ1) is 17.7. The molecule has 0 spiro atoms. The maximum atomic E-state index is 12.1. The topological polar surface area (TPSA) is 106 Å². The van der Waals surface area contributed by atoms with E-state index in [1.54, 1.807) is 29.9 Å². The van der Waals surface area contributed by atoms with Crippen LogP contribution in [0.4, 0.5) is 0 Å². The Morgan fingerprint density at radius 2 is 2.20 bits per heavy atom. The molecule has 0 aliphatic rings. The number of fused-ring (bicyclic) bond motifs is 1. The van der Waals surface area contributed by atoms with Crippen LogP contribution in [0.25, 0.3) is 10.9 Å². The molecule has 0 bridgehead atoms. The van der Waals surface area contributed by atoms with Gasteiger partial charge in [-0.05, 0) is 24.6 Å². The zero-order valence-corrected chi connectivity index (χ0v) is 15.0. The summed E-state index contributed by atoms with van der Waals surface area (Å²) < 4.78 is 6.54. The number of halogens is 1. The van der Waals surface area contributed by atoms with E-state index < -0.39 is 0 Å². The van der Waals surface area contributed by atoms with Crippen molar-refractivity contribution in [2.75, 3.05) is 13.7 Å². The van der Waals surface area contributed by atoms with Crippen LogP contribution in [0.15, 0.2) is 32.9 Å². The Bertz CT molecular complexity index is 997. The molecule has 1 aromatic carbocycles. The number of hydrogen-bond donors (Lipinski definition) is 2. The second-order valence-corrected chi connectivity index (χ2v) is 6.65. The molecule has 0 saturated heterocycles. The van der Waals surface area contributed by atoms with Crippen LogP contribution in [0.5, 0.6) is 0 Å². The Hall–Kier alpha value is -2.10. The molecule has 3 rings (SSSR count). The van der Waals surface area contributed by atoms with Crippen LogP contribution in [0.2, 0.25) is 5.02 Å². The summed E-state index contributed by atoms with van der Waals surface area (Å²) in [5.41, 5.74) is 0.0356. The number of H-pyrrole nitrogens is 2. The zero-order chi connectivity index (χ0) is 17.8. The van der Waals surface area contributed by atoms with Gasteiger partial charge in [0.05, 0.1) is 16.7 Å². The van der Waals surface area contributed by atoms with E-state index in [1.165, 1.54) is 11.8 Å². The van der Waals surface area contributed by atoms with Crippen molar-refractivity contribution in [1.82, 2.24) is 24.7 Å². The molecule has 8 nitrogen and oxygen atoms in total. The van der Waals surface area contributed by atoms with Gasteiger partial charge in [-0.1, -0.05) is 23.4 Å². The van der Waals surface area contributed by atoms with Crippen molar-refractivity contribution in [1.29, 1.82) is 0 Å². The number of benzene rings is 1. The average Bonchev–Trinajstić information content (AvgIpc) is 2.93. The van der Waals surface area contributed by atoms with Gasteiger partial charge >= 0.3 is 5.69 Å². The molecule has 0 fully saturated rings. The van der Waals surface area contributed by atoms with Crippen LogP contribution >= 0.6 is 23.4 Å². The summed E-state index contributed by atoms with van der Waals surface area (Å²) in [6.45, 7) is 1.06. The van der Waals surface area contributed by atoms with Crippen LogP contribution in [0.1, 0.15) is 12.2 Å². The number of nitrogens with one attached hydrogen (secondary N) is 2. The largest absolute Gasteiger partial charge is 0.385 e. The van der Waals surface area contributed by atoms with Crippen LogP contribution in [-0.4, -0.2) is 38.4 Å². The van der Waals surface area contributed by atoms with Gasteiger partial charge < -0.3 is 9.72 Å². The highest BCUT2D eigenvalue weighted by atomic mass is 35.5. The highest BCUT2D eigenvalue weighted by Crippen LogP contribution is 2.19. The number of hydrogen-bond acceptors (Lipinski definition) is 6. The van der Waals surface area contributed by atoms with Gasteiger partial charge in [0, 0.05) is 25.3 Å². The number of thioether (sulfide) groups is 1. The van der Waals surface area contributed by atoms with E-state index in [4.69, 9.17) is 16.3 Å². The molecule has 0 amide bonds. The first-order chi connectivity index (χ1) is 12.1. The fourth-order valence-electron chi connectivity index (χ4n) is 2.34. The smallest absolute Gasteiger partial charge is 0.343 e. The van der Waals surface area contributed by atoms with E-state index in [9.17, 15) is 9.59 Å². The minimum absolute atomic E-state index is 0.225. The Kier molecular flexibility index (Phi) is 5.57. The highest BCUT2D eigenvalue weighted by Gasteiger charge is 2.11. The molecule has 10 heteroatoms. The Morgan fingerprint density at radius 1 is 1.36 bits per heavy atom. The van der Waals surface area contributed by atoms with Crippen LogP contribution in [0.3, 0.4) is 0 Å². The molecule has 0 aliphatic carbocycles. The van der Waals surface area contributed by atoms with Crippen molar-refractivity contribution in [2.45, 2.75) is 23.9 Å². The van der Waals surface area contributed by atoms with Crippen molar-refractivity contribution in [3.8, 4) is 0 Å². The SMILES string of the molecule is COCCCn1c(SCc2nc3cc(Cl)ccc3c(=O)[nH]2)n[nH]c1=O. The van der Waals surface area contributed by atoms with E-state index >= 15 is 0 Å². The molecule has 0 unspecified atom stereocenters. The summed E-state index contributed by atoms with van der Waals surface area (Å²) in [5, 5.41) is 7.99. The third kappa shape index (κ3) is 4.12. The van der Waals surface area contributed by atoms with Gasteiger partial charge in [-0.15, -0.1) is 5.10 Å². The Morgan fingerprint density at radius 3 is 3.00 bits per heavy atom. The summed E-state index contributed by atoms with van der Waals surface area (Å²) in [7, 11) is 1.61. The molecule has 0 saturated carbocycles. The highest BCUT2D eigenvalue weighted by molar-refractivity contribution is 7.98. The predicted molar refractivity (Wildman–Crippen MR) is 96.3 cm³/mol. The summed E-state index contributed by atoms with van der Waals surface area (Å²) in [6.07, 6.45) is 0.701. The van der Waals surface area contributed by atoms with E-state index in [0.717, 1.165) is 0 Å². The van der Waals surface area contributed by atoms with E-state index in [1.807, 2.05) is 0 Å². The molecule has 0 radical (unpaired) electrons. The van der Waals surface area contributed by atoms with Gasteiger partial charge in [0.2, 0.25) is 0 Å². The van der Waals surface area contributed by atoms with E-state index in [-0.39, 0.29) is 11.2 Å². The van der Waals surface area contributed by atoms with Crippen molar-refractivity contribution in [3.05, 3.63) is 49.9 Å². The second-order valence-electron chi connectivity index (χ2n) is 5.27. The van der Waals surface area contributed by atoms with Crippen molar-refractivity contribution in [3.63, 3.8) is 0 Å². The quantitative estimate of drug-likeness (QED) is 0.477. The standard InChI is InChI=1S/C15H16ClN5O3S/c1-24-6-2-5-21-14(23)19-20-15(21)25-8-12-17-11-7-9(16)3-4-10(11)13(22)18-12/h3-4,7H,2,5-6,8H2,1H3,(H,19,23)(H,17,18,22). The fraction of sp³-hybridized carbons (Fsp3) is 0.333. The molecule has 3 aromatic rings. The van der Waals surface area contributed by atoms with E-state index in [2.05, 4.69) is 20.2 Å². The Labute approximate surface area is 151 Å². The lowest BCUT2D eigenvalue weighted by Crippen LogP contribution is -2.18. The van der Waals surface area contributed by atoms with Gasteiger partial charge in [0.25, 0.3) is 5.56 Å². The predicted octanol–water partition coefficient (Wildman–Crippen LogP) is 1.79. The van der Waals surface area contributed by atoms with Crippen LogP contribution < -0.4 is 11.2 Å². The molecule has 0 atom stereocenters. The molecule has 2 aromatic heterocycles. The Balaban J connectivity index is 1.79. The number of aromatic nitrogens is 5. The summed E-state index contributed by atoms with van der Waals surface area (Å²) >= 11 is 7.28. The van der Waals surface area contributed by atoms with Crippen molar-refractivity contribution in [2.24, 2.45) is 0 Å². The number of nitrogens with zero attached hydrogens (tertiary/aromatic N) is 3. The van der Waals surface area contributed by atoms with Gasteiger partial charge in [-0.3, -0.25) is 9.36 Å². The fourth-order valence-corrected chi connectivity index (χ4v) is 3.35. The minimum atomic E-state index is -0.273. The first-order valence-electron chi connectivity index (χ1n) is 7.54. The van der Waals surface area contributed by atoms with Gasteiger partial charge in [-0.25, -0.2) is 14.9 Å². The maximum Gasteiger partial charge on any atom is 0.343 e. The number of aromatic amines is 2. The summed E-state index contributed by atoms with van der Waals surface area (Å²) in [5.74, 6) is 0.857. The molecule has 132 valence electrons. The molecule has 2 heterocycles. The molecular weight excluding hydrogens is 366 g/mol. The number of methoxy groups -OCH3 is 1. The van der Waals surface area contributed by atoms with Crippen LogP contribution in [0, 0.1) is 0 Å². The molecule has 25 heavy (non-hydrogen) atoms. The van der Waals surface area contributed by atoms with Gasteiger partial charge in [0.15, 0.2) is 5.16 Å². The first-order valence-corrected chi connectivity index (χ1v) is 8.90. The lowest BCUT2D eigenvalue weighted by Gasteiger charge is -2.05. The van der Waals surface area contributed by atoms with Gasteiger partial charge in [-0.2, -0.15) is 0 Å². The number of ether oxygens (including phenoxy) is 1. The molecule has 2 N–H and O–H groups in total. The third-order valence-corrected chi connectivity index (χ3v) is 4.73.